The standard InChI is InChI=1S/C23H23NO3/c1-2-20-13-21(14-25)23(27-16-19-11-7-4-8-12-19)24-22(20)17-26-15-18-9-5-3-6-10-18/h3-14H,2,15-17H2,1H3. The third-order valence-electron chi connectivity index (χ3n) is 4.26. The lowest BCUT2D eigenvalue weighted by Crippen LogP contribution is -2.07. The summed E-state index contributed by atoms with van der Waals surface area (Å²) in [4.78, 5) is 16.0. The molecule has 1 heterocycles. The van der Waals surface area contributed by atoms with E-state index in [1.165, 1.54) is 0 Å². The molecular formula is C23H23NO3. The second-order valence-corrected chi connectivity index (χ2v) is 6.21. The molecule has 138 valence electrons. The van der Waals surface area contributed by atoms with E-state index in [9.17, 15) is 4.79 Å². The molecule has 0 N–H and O–H groups in total. The van der Waals surface area contributed by atoms with E-state index in [2.05, 4.69) is 4.98 Å². The zero-order valence-electron chi connectivity index (χ0n) is 15.4. The van der Waals surface area contributed by atoms with Crippen LogP contribution in [-0.2, 0) is 31.0 Å². The number of nitrogens with zero attached hydrogens (tertiary/aromatic N) is 1. The number of ether oxygens (including phenoxy) is 2. The molecule has 0 saturated carbocycles. The lowest BCUT2D eigenvalue weighted by atomic mass is 10.1. The van der Waals surface area contributed by atoms with Crippen LogP contribution in [-0.4, -0.2) is 11.3 Å². The van der Waals surface area contributed by atoms with Crippen molar-refractivity contribution in [2.24, 2.45) is 0 Å². The maximum Gasteiger partial charge on any atom is 0.224 e. The number of hydrogen-bond acceptors (Lipinski definition) is 4. The molecule has 4 nitrogen and oxygen atoms in total. The van der Waals surface area contributed by atoms with E-state index in [0.29, 0.717) is 31.3 Å². The molecule has 0 radical (unpaired) electrons. The lowest BCUT2D eigenvalue weighted by Gasteiger charge is -2.13. The Balaban J connectivity index is 1.72. The van der Waals surface area contributed by atoms with Crippen molar-refractivity contribution in [2.75, 3.05) is 0 Å². The highest BCUT2D eigenvalue weighted by Gasteiger charge is 2.12. The van der Waals surface area contributed by atoms with Gasteiger partial charge in [-0.2, -0.15) is 0 Å². The fourth-order valence-electron chi connectivity index (χ4n) is 2.79. The highest BCUT2D eigenvalue weighted by molar-refractivity contribution is 5.78. The lowest BCUT2D eigenvalue weighted by molar-refractivity contribution is 0.103. The maximum absolute atomic E-state index is 11.5. The molecule has 27 heavy (non-hydrogen) atoms. The fraction of sp³-hybridized carbons (Fsp3) is 0.217. The first-order valence-corrected chi connectivity index (χ1v) is 9.06. The van der Waals surface area contributed by atoms with Crippen LogP contribution < -0.4 is 4.74 Å². The zero-order valence-corrected chi connectivity index (χ0v) is 15.4. The van der Waals surface area contributed by atoms with E-state index in [-0.39, 0.29) is 0 Å². The number of hydrogen-bond donors (Lipinski definition) is 0. The normalized spacial score (nSPS) is 10.6. The van der Waals surface area contributed by atoms with Crippen LogP contribution in [0, 0.1) is 0 Å². The molecule has 3 aromatic rings. The van der Waals surface area contributed by atoms with Crippen LogP contribution in [0.1, 0.15) is 39.7 Å². The number of rotatable bonds is 9. The van der Waals surface area contributed by atoms with Crippen molar-refractivity contribution < 1.29 is 14.3 Å². The SMILES string of the molecule is CCc1cc(C=O)c(OCc2ccccc2)nc1COCc1ccccc1. The molecule has 4 heteroatoms. The number of pyridine rings is 1. The smallest absolute Gasteiger partial charge is 0.224 e. The van der Waals surface area contributed by atoms with E-state index in [1.54, 1.807) is 0 Å². The van der Waals surface area contributed by atoms with E-state index in [0.717, 1.165) is 35.1 Å². The van der Waals surface area contributed by atoms with E-state index >= 15 is 0 Å². The van der Waals surface area contributed by atoms with Gasteiger partial charge in [-0.15, -0.1) is 0 Å². The molecule has 0 fully saturated rings. The van der Waals surface area contributed by atoms with Crippen molar-refractivity contribution >= 4 is 6.29 Å². The number of aromatic nitrogens is 1. The molecule has 0 atom stereocenters. The number of aryl methyl sites for hydroxylation is 1. The highest BCUT2D eigenvalue weighted by Crippen LogP contribution is 2.21. The van der Waals surface area contributed by atoms with Crippen LogP contribution in [0.5, 0.6) is 5.88 Å². The van der Waals surface area contributed by atoms with Crippen LogP contribution in [0.25, 0.3) is 0 Å². The molecule has 0 aliphatic heterocycles. The van der Waals surface area contributed by atoms with Gasteiger partial charge in [0.2, 0.25) is 5.88 Å². The summed E-state index contributed by atoms with van der Waals surface area (Å²) in [5.41, 5.74) is 4.41. The summed E-state index contributed by atoms with van der Waals surface area (Å²) in [7, 11) is 0. The molecule has 2 aromatic carbocycles. The molecule has 0 spiro atoms. The monoisotopic (exact) mass is 361 g/mol. The molecule has 0 amide bonds. The molecule has 0 aliphatic carbocycles. The number of carbonyl (C=O) groups is 1. The van der Waals surface area contributed by atoms with Gasteiger partial charge in [-0.05, 0) is 29.2 Å². The molecule has 0 aliphatic rings. The summed E-state index contributed by atoms with van der Waals surface area (Å²) in [6.07, 6.45) is 1.57. The van der Waals surface area contributed by atoms with Gasteiger partial charge in [-0.1, -0.05) is 67.6 Å². The largest absolute Gasteiger partial charge is 0.472 e. The first-order chi connectivity index (χ1) is 13.3. The van der Waals surface area contributed by atoms with Gasteiger partial charge < -0.3 is 9.47 Å². The van der Waals surface area contributed by atoms with Crippen molar-refractivity contribution in [3.05, 3.63) is 94.7 Å². The Morgan fingerprint density at radius 1 is 0.889 bits per heavy atom. The first kappa shape index (κ1) is 18.8. The van der Waals surface area contributed by atoms with Gasteiger partial charge in [-0.3, -0.25) is 4.79 Å². The Morgan fingerprint density at radius 3 is 2.11 bits per heavy atom. The molecular weight excluding hydrogens is 338 g/mol. The van der Waals surface area contributed by atoms with Gasteiger partial charge in [0, 0.05) is 0 Å². The van der Waals surface area contributed by atoms with E-state index in [4.69, 9.17) is 9.47 Å². The third kappa shape index (κ3) is 5.25. The zero-order chi connectivity index (χ0) is 18.9. The van der Waals surface area contributed by atoms with Gasteiger partial charge in [0.1, 0.15) is 6.61 Å². The van der Waals surface area contributed by atoms with E-state index in [1.807, 2.05) is 73.7 Å². The maximum atomic E-state index is 11.5. The predicted octanol–water partition coefficient (Wildman–Crippen LogP) is 4.75. The minimum absolute atomic E-state index is 0.351. The van der Waals surface area contributed by atoms with Crippen molar-refractivity contribution in [2.45, 2.75) is 33.2 Å². The van der Waals surface area contributed by atoms with Crippen molar-refractivity contribution in [3.63, 3.8) is 0 Å². The van der Waals surface area contributed by atoms with Gasteiger partial charge in [0.15, 0.2) is 6.29 Å². The third-order valence-corrected chi connectivity index (χ3v) is 4.26. The highest BCUT2D eigenvalue weighted by atomic mass is 16.5. The van der Waals surface area contributed by atoms with Gasteiger partial charge in [-0.25, -0.2) is 4.98 Å². The molecule has 0 saturated heterocycles. The summed E-state index contributed by atoms with van der Waals surface area (Å²) < 4.78 is 11.7. The Hall–Kier alpha value is -2.98. The average Bonchev–Trinajstić information content (AvgIpc) is 2.73. The molecule has 1 aromatic heterocycles. The summed E-state index contributed by atoms with van der Waals surface area (Å²) in [6.45, 7) is 3.29. The minimum atomic E-state index is 0.351. The fourth-order valence-corrected chi connectivity index (χ4v) is 2.79. The molecule has 0 bridgehead atoms. The predicted molar refractivity (Wildman–Crippen MR) is 105 cm³/mol. The van der Waals surface area contributed by atoms with Crippen LogP contribution in [0.2, 0.25) is 0 Å². The van der Waals surface area contributed by atoms with Crippen molar-refractivity contribution in [1.29, 1.82) is 0 Å². The van der Waals surface area contributed by atoms with Crippen molar-refractivity contribution in [3.8, 4) is 5.88 Å². The Kier molecular flexibility index (Phi) is 6.72. The molecule has 0 unspecified atom stereocenters. The summed E-state index contributed by atoms with van der Waals surface area (Å²) in [5.74, 6) is 0.351. The van der Waals surface area contributed by atoms with Gasteiger partial charge in [0.25, 0.3) is 0 Å². The summed E-state index contributed by atoms with van der Waals surface area (Å²) in [5, 5.41) is 0. The Labute approximate surface area is 159 Å². The van der Waals surface area contributed by atoms with E-state index < -0.39 is 0 Å². The quantitative estimate of drug-likeness (QED) is 0.516. The average molecular weight is 361 g/mol. The Morgan fingerprint density at radius 2 is 1.52 bits per heavy atom. The second kappa shape index (κ2) is 9.64. The minimum Gasteiger partial charge on any atom is -0.472 e. The van der Waals surface area contributed by atoms with Crippen LogP contribution in [0.4, 0.5) is 0 Å². The number of aldehydes is 1. The van der Waals surface area contributed by atoms with Gasteiger partial charge in [0.05, 0.1) is 24.5 Å². The van der Waals surface area contributed by atoms with Crippen LogP contribution in [0.3, 0.4) is 0 Å². The first-order valence-electron chi connectivity index (χ1n) is 9.06. The molecule has 3 rings (SSSR count). The number of carbonyl (C=O) groups excluding carboxylic acids is 1. The summed E-state index contributed by atoms with van der Waals surface area (Å²) in [6, 6.07) is 21.7. The number of benzene rings is 2. The second-order valence-electron chi connectivity index (χ2n) is 6.21. The van der Waals surface area contributed by atoms with Crippen LogP contribution in [0.15, 0.2) is 66.7 Å². The van der Waals surface area contributed by atoms with Crippen LogP contribution >= 0.6 is 0 Å². The van der Waals surface area contributed by atoms with Crippen molar-refractivity contribution in [1.82, 2.24) is 4.98 Å². The topological polar surface area (TPSA) is 48.4 Å². The summed E-state index contributed by atoms with van der Waals surface area (Å²) >= 11 is 0. The Bertz CT molecular complexity index is 864. The van der Waals surface area contributed by atoms with Gasteiger partial charge >= 0.3 is 0 Å².